The van der Waals surface area contributed by atoms with Crippen LogP contribution in [0.25, 0.3) is 0 Å². The summed E-state index contributed by atoms with van der Waals surface area (Å²) in [6.45, 7) is 11.7. The first-order valence-corrected chi connectivity index (χ1v) is 7.53. The molecule has 0 saturated carbocycles. The maximum absolute atomic E-state index is 5.57. The van der Waals surface area contributed by atoms with Crippen molar-refractivity contribution in [2.75, 3.05) is 36.9 Å². The molecule has 5 heteroatoms. The number of nitrogens with one attached hydrogen (secondary N) is 2. The quantitative estimate of drug-likeness (QED) is 0.645. The Hall–Kier alpha value is -1.36. The Bertz CT molecular complexity index is 382. The van der Waals surface area contributed by atoms with Gasteiger partial charge in [0.05, 0.1) is 6.61 Å². The molecule has 1 aromatic rings. The Labute approximate surface area is 122 Å². The van der Waals surface area contributed by atoms with E-state index in [2.05, 4.69) is 41.4 Å². The molecule has 0 aliphatic carbocycles. The third-order valence-corrected chi connectivity index (χ3v) is 2.78. The molecular formula is C15H28N4O. The van der Waals surface area contributed by atoms with Gasteiger partial charge in [-0.2, -0.15) is 4.98 Å². The zero-order valence-corrected chi connectivity index (χ0v) is 13.2. The first kappa shape index (κ1) is 16.7. The number of aromatic nitrogens is 2. The SMILES string of the molecule is CCCNc1nc(C)cc(NCCOCCC(C)C)n1. The number of hydrogen-bond acceptors (Lipinski definition) is 5. The lowest BCUT2D eigenvalue weighted by Gasteiger charge is -2.10. The Balaban J connectivity index is 2.30. The lowest BCUT2D eigenvalue weighted by molar-refractivity contribution is 0.132. The summed E-state index contributed by atoms with van der Waals surface area (Å²) in [7, 11) is 0. The molecule has 0 saturated heterocycles. The third kappa shape index (κ3) is 7.28. The van der Waals surface area contributed by atoms with Crippen molar-refractivity contribution in [1.82, 2.24) is 9.97 Å². The molecule has 1 aromatic heterocycles. The Morgan fingerprint density at radius 1 is 1.15 bits per heavy atom. The van der Waals surface area contributed by atoms with Gasteiger partial charge in [-0.25, -0.2) is 4.98 Å². The Kier molecular flexibility index (Phi) is 7.95. The summed E-state index contributed by atoms with van der Waals surface area (Å²) in [6, 6.07) is 1.95. The molecule has 0 unspecified atom stereocenters. The Morgan fingerprint density at radius 2 is 1.95 bits per heavy atom. The first-order chi connectivity index (χ1) is 9.61. The number of nitrogens with zero attached hydrogens (tertiary/aromatic N) is 2. The van der Waals surface area contributed by atoms with Crippen LogP contribution in [0.4, 0.5) is 11.8 Å². The summed E-state index contributed by atoms with van der Waals surface area (Å²) in [5, 5.41) is 6.48. The van der Waals surface area contributed by atoms with Crippen LogP contribution in [0.3, 0.4) is 0 Å². The predicted molar refractivity (Wildman–Crippen MR) is 84.3 cm³/mol. The van der Waals surface area contributed by atoms with Crippen LogP contribution in [-0.2, 0) is 4.74 Å². The third-order valence-electron chi connectivity index (χ3n) is 2.78. The van der Waals surface area contributed by atoms with E-state index in [4.69, 9.17) is 4.74 Å². The van der Waals surface area contributed by atoms with Crippen molar-refractivity contribution in [2.45, 2.75) is 40.5 Å². The normalized spacial score (nSPS) is 10.8. The standard InChI is InChI=1S/C15H28N4O/c1-5-7-17-15-18-13(4)11-14(19-15)16-8-10-20-9-6-12(2)3/h11-12H,5-10H2,1-4H3,(H2,16,17,18,19). The number of ether oxygens (including phenoxy) is 1. The van der Waals surface area contributed by atoms with Gasteiger partial charge in [-0.1, -0.05) is 20.8 Å². The molecule has 0 fully saturated rings. The van der Waals surface area contributed by atoms with E-state index in [9.17, 15) is 0 Å². The molecule has 1 rings (SSSR count). The van der Waals surface area contributed by atoms with Gasteiger partial charge >= 0.3 is 0 Å². The minimum Gasteiger partial charge on any atom is -0.380 e. The molecule has 0 aliphatic heterocycles. The van der Waals surface area contributed by atoms with Gasteiger partial charge in [-0.3, -0.25) is 0 Å². The first-order valence-electron chi connectivity index (χ1n) is 7.53. The number of hydrogen-bond donors (Lipinski definition) is 2. The monoisotopic (exact) mass is 280 g/mol. The molecule has 1 heterocycles. The summed E-state index contributed by atoms with van der Waals surface area (Å²) in [5.41, 5.74) is 0.960. The molecule has 0 radical (unpaired) electrons. The van der Waals surface area contributed by atoms with E-state index in [1.54, 1.807) is 0 Å². The van der Waals surface area contributed by atoms with Gasteiger partial charge in [0.25, 0.3) is 0 Å². The van der Waals surface area contributed by atoms with Crippen LogP contribution in [-0.4, -0.2) is 36.3 Å². The van der Waals surface area contributed by atoms with Crippen LogP contribution in [0.2, 0.25) is 0 Å². The highest BCUT2D eigenvalue weighted by Crippen LogP contribution is 2.09. The molecule has 0 bridgehead atoms. The van der Waals surface area contributed by atoms with E-state index in [1.807, 2.05) is 13.0 Å². The lowest BCUT2D eigenvalue weighted by atomic mass is 10.1. The molecule has 114 valence electrons. The van der Waals surface area contributed by atoms with E-state index in [0.717, 1.165) is 44.0 Å². The average Bonchev–Trinajstić information content (AvgIpc) is 2.39. The van der Waals surface area contributed by atoms with E-state index >= 15 is 0 Å². The van der Waals surface area contributed by atoms with Gasteiger partial charge in [0.15, 0.2) is 0 Å². The lowest BCUT2D eigenvalue weighted by Crippen LogP contribution is -2.13. The highest BCUT2D eigenvalue weighted by Gasteiger charge is 2.01. The highest BCUT2D eigenvalue weighted by atomic mass is 16.5. The summed E-state index contributed by atoms with van der Waals surface area (Å²) in [5.74, 6) is 2.23. The van der Waals surface area contributed by atoms with Crippen molar-refractivity contribution in [3.8, 4) is 0 Å². The highest BCUT2D eigenvalue weighted by molar-refractivity contribution is 5.42. The van der Waals surface area contributed by atoms with Crippen LogP contribution < -0.4 is 10.6 Å². The maximum Gasteiger partial charge on any atom is 0.224 e. The molecule has 0 spiro atoms. The topological polar surface area (TPSA) is 59.1 Å². The zero-order valence-electron chi connectivity index (χ0n) is 13.2. The number of rotatable bonds is 10. The second-order valence-corrected chi connectivity index (χ2v) is 5.37. The minimum atomic E-state index is 0.690. The molecule has 2 N–H and O–H groups in total. The second-order valence-electron chi connectivity index (χ2n) is 5.37. The molecule has 0 amide bonds. The van der Waals surface area contributed by atoms with Crippen LogP contribution in [0.1, 0.15) is 39.3 Å². The van der Waals surface area contributed by atoms with Crippen LogP contribution in [0, 0.1) is 12.8 Å². The molecule has 0 aliphatic rings. The molecule has 0 aromatic carbocycles. The fourth-order valence-electron chi connectivity index (χ4n) is 1.65. The summed E-state index contributed by atoms with van der Waals surface area (Å²) in [6.07, 6.45) is 2.17. The van der Waals surface area contributed by atoms with Gasteiger partial charge in [-0.05, 0) is 25.7 Å². The van der Waals surface area contributed by atoms with Crippen molar-refractivity contribution in [3.63, 3.8) is 0 Å². The van der Waals surface area contributed by atoms with Gasteiger partial charge < -0.3 is 15.4 Å². The number of aryl methyl sites for hydroxylation is 1. The fourth-order valence-corrected chi connectivity index (χ4v) is 1.65. The molecule has 5 nitrogen and oxygen atoms in total. The number of anilines is 2. The van der Waals surface area contributed by atoms with Crippen molar-refractivity contribution in [2.24, 2.45) is 5.92 Å². The van der Waals surface area contributed by atoms with Gasteiger partial charge in [0.1, 0.15) is 5.82 Å². The van der Waals surface area contributed by atoms with Gasteiger partial charge in [0, 0.05) is 31.5 Å². The van der Waals surface area contributed by atoms with E-state index in [1.165, 1.54) is 0 Å². The van der Waals surface area contributed by atoms with Crippen molar-refractivity contribution in [3.05, 3.63) is 11.8 Å². The second kappa shape index (κ2) is 9.53. The predicted octanol–water partition coefficient (Wildman–Crippen LogP) is 3.08. The zero-order chi connectivity index (χ0) is 14.8. The smallest absolute Gasteiger partial charge is 0.224 e. The molecule has 20 heavy (non-hydrogen) atoms. The Morgan fingerprint density at radius 3 is 2.65 bits per heavy atom. The summed E-state index contributed by atoms with van der Waals surface area (Å²) < 4.78 is 5.57. The summed E-state index contributed by atoms with van der Waals surface area (Å²) in [4.78, 5) is 8.78. The van der Waals surface area contributed by atoms with Crippen LogP contribution in [0.5, 0.6) is 0 Å². The van der Waals surface area contributed by atoms with E-state index < -0.39 is 0 Å². The maximum atomic E-state index is 5.57. The van der Waals surface area contributed by atoms with E-state index in [-0.39, 0.29) is 0 Å². The largest absolute Gasteiger partial charge is 0.380 e. The summed E-state index contributed by atoms with van der Waals surface area (Å²) >= 11 is 0. The van der Waals surface area contributed by atoms with Gasteiger partial charge in [-0.15, -0.1) is 0 Å². The average molecular weight is 280 g/mol. The fraction of sp³-hybridized carbons (Fsp3) is 0.733. The van der Waals surface area contributed by atoms with Crippen molar-refractivity contribution >= 4 is 11.8 Å². The van der Waals surface area contributed by atoms with E-state index in [0.29, 0.717) is 18.5 Å². The van der Waals surface area contributed by atoms with Crippen molar-refractivity contribution < 1.29 is 4.74 Å². The van der Waals surface area contributed by atoms with Crippen LogP contribution in [0.15, 0.2) is 6.07 Å². The van der Waals surface area contributed by atoms with Crippen LogP contribution >= 0.6 is 0 Å². The molecular weight excluding hydrogens is 252 g/mol. The van der Waals surface area contributed by atoms with Gasteiger partial charge in [0.2, 0.25) is 5.95 Å². The minimum absolute atomic E-state index is 0.690. The van der Waals surface area contributed by atoms with Crippen molar-refractivity contribution in [1.29, 1.82) is 0 Å². The molecule has 0 atom stereocenters.